The summed E-state index contributed by atoms with van der Waals surface area (Å²) in [6.07, 6.45) is 4.46. The van der Waals surface area contributed by atoms with Gasteiger partial charge in [0.2, 0.25) is 11.7 Å². The second-order valence-corrected chi connectivity index (χ2v) is 6.92. The molecule has 2 aliphatic heterocycles. The lowest BCUT2D eigenvalue weighted by molar-refractivity contribution is 0.0468. The minimum Gasteiger partial charge on any atom is -0.377 e. The molecule has 4 heterocycles. The predicted octanol–water partition coefficient (Wildman–Crippen LogP) is 2.50. The van der Waals surface area contributed by atoms with Crippen molar-refractivity contribution in [1.82, 2.24) is 24.9 Å². The minimum atomic E-state index is 0. The van der Waals surface area contributed by atoms with Crippen molar-refractivity contribution in [3.8, 4) is 11.4 Å². The van der Waals surface area contributed by atoms with Crippen LogP contribution >= 0.6 is 24.0 Å². The zero-order chi connectivity index (χ0) is 17.1. The van der Waals surface area contributed by atoms with Gasteiger partial charge in [-0.15, -0.1) is 12.4 Å². The second kappa shape index (κ2) is 9.10. The van der Waals surface area contributed by atoms with E-state index in [0.717, 1.165) is 39.3 Å². The Kier molecular flexibility index (Phi) is 6.83. The Labute approximate surface area is 164 Å². The van der Waals surface area contributed by atoms with E-state index in [-0.39, 0.29) is 12.4 Å². The summed E-state index contributed by atoms with van der Waals surface area (Å²) in [5, 5.41) is 4.42. The van der Waals surface area contributed by atoms with E-state index < -0.39 is 0 Å². The summed E-state index contributed by atoms with van der Waals surface area (Å²) in [6, 6.07) is 3.65. The topological polar surface area (TPSA) is 67.5 Å². The van der Waals surface area contributed by atoms with Gasteiger partial charge in [0.25, 0.3) is 0 Å². The lowest BCUT2D eigenvalue weighted by atomic mass is 10.2. The van der Waals surface area contributed by atoms with Gasteiger partial charge in [0.15, 0.2) is 0 Å². The molecule has 2 aliphatic rings. The summed E-state index contributed by atoms with van der Waals surface area (Å²) < 4.78 is 11.1. The van der Waals surface area contributed by atoms with Crippen molar-refractivity contribution >= 4 is 24.0 Å². The maximum atomic E-state index is 6.09. The Morgan fingerprint density at radius 1 is 1.19 bits per heavy atom. The van der Waals surface area contributed by atoms with Gasteiger partial charge >= 0.3 is 0 Å². The molecule has 0 aromatic carbocycles. The summed E-state index contributed by atoms with van der Waals surface area (Å²) >= 11 is 6.09. The molecule has 2 saturated heterocycles. The number of piperazine rings is 1. The average molecular weight is 400 g/mol. The van der Waals surface area contributed by atoms with Crippen LogP contribution in [-0.2, 0) is 11.3 Å². The van der Waals surface area contributed by atoms with E-state index in [4.69, 9.17) is 20.9 Å². The third-order valence-electron chi connectivity index (χ3n) is 4.78. The molecule has 0 N–H and O–H groups in total. The van der Waals surface area contributed by atoms with E-state index in [1.54, 1.807) is 6.20 Å². The quantitative estimate of drug-likeness (QED) is 0.715. The molecule has 0 radical (unpaired) electrons. The molecule has 0 bridgehead atoms. The fourth-order valence-corrected chi connectivity index (χ4v) is 3.58. The monoisotopic (exact) mass is 399 g/mol. The molecule has 2 aromatic heterocycles. The Hall–Kier alpha value is -1.25. The molecule has 4 rings (SSSR count). The van der Waals surface area contributed by atoms with E-state index in [0.29, 0.717) is 35.1 Å². The van der Waals surface area contributed by atoms with Gasteiger partial charge in [-0.05, 0) is 25.0 Å². The van der Waals surface area contributed by atoms with Gasteiger partial charge in [-0.3, -0.25) is 9.80 Å². The van der Waals surface area contributed by atoms with Crippen LogP contribution in [0.2, 0.25) is 5.15 Å². The summed E-state index contributed by atoms with van der Waals surface area (Å²) in [4.78, 5) is 13.3. The first kappa shape index (κ1) is 19.5. The normalized spacial score (nSPS) is 21.7. The number of hydrogen-bond acceptors (Lipinski definition) is 7. The Morgan fingerprint density at radius 3 is 2.73 bits per heavy atom. The fourth-order valence-electron chi connectivity index (χ4n) is 3.38. The smallest absolute Gasteiger partial charge is 0.241 e. The van der Waals surface area contributed by atoms with E-state index >= 15 is 0 Å². The molecule has 0 aliphatic carbocycles. The third kappa shape index (κ3) is 4.72. The molecule has 2 fully saturated rings. The first-order valence-corrected chi connectivity index (χ1v) is 9.15. The molecule has 0 saturated carbocycles. The summed E-state index contributed by atoms with van der Waals surface area (Å²) in [6.45, 7) is 6.74. The number of hydrogen-bond donors (Lipinski definition) is 0. The Morgan fingerprint density at radius 2 is 2.00 bits per heavy atom. The van der Waals surface area contributed by atoms with Crippen LogP contribution in [0.5, 0.6) is 0 Å². The summed E-state index contributed by atoms with van der Waals surface area (Å²) in [5.41, 5.74) is 0.695. The maximum absolute atomic E-state index is 6.09. The van der Waals surface area contributed by atoms with Crippen LogP contribution in [-0.4, -0.2) is 70.4 Å². The molecule has 26 heavy (non-hydrogen) atoms. The number of halogens is 2. The fraction of sp³-hybridized carbons (Fsp3) is 0.588. The highest BCUT2D eigenvalue weighted by atomic mass is 35.5. The Balaban J connectivity index is 0.00000196. The first-order chi connectivity index (χ1) is 12.3. The highest BCUT2D eigenvalue weighted by Gasteiger charge is 2.24. The molecule has 0 spiro atoms. The number of aromatic nitrogens is 3. The van der Waals surface area contributed by atoms with Crippen molar-refractivity contribution in [2.45, 2.75) is 25.5 Å². The lowest BCUT2D eigenvalue weighted by Crippen LogP contribution is -2.48. The van der Waals surface area contributed by atoms with Crippen molar-refractivity contribution in [1.29, 1.82) is 0 Å². The highest BCUT2D eigenvalue weighted by Crippen LogP contribution is 2.23. The van der Waals surface area contributed by atoms with E-state index in [1.807, 2.05) is 12.1 Å². The summed E-state index contributed by atoms with van der Waals surface area (Å²) in [5.74, 6) is 1.10. The molecule has 1 unspecified atom stereocenters. The van der Waals surface area contributed by atoms with Gasteiger partial charge in [-0.1, -0.05) is 16.8 Å². The van der Waals surface area contributed by atoms with Crippen molar-refractivity contribution in [3.63, 3.8) is 0 Å². The van der Waals surface area contributed by atoms with Gasteiger partial charge in [0, 0.05) is 45.5 Å². The van der Waals surface area contributed by atoms with E-state index in [9.17, 15) is 0 Å². The van der Waals surface area contributed by atoms with Gasteiger partial charge < -0.3 is 9.26 Å². The van der Waals surface area contributed by atoms with Crippen LogP contribution in [0.1, 0.15) is 18.7 Å². The zero-order valence-corrected chi connectivity index (χ0v) is 16.1. The highest BCUT2D eigenvalue weighted by molar-refractivity contribution is 6.31. The molecular formula is C17H23Cl2N5O2. The summed E-state index contributed by atoms with van der Waals surface area (Å²) in [7, 11) is 0. The van der Waals surface area contributed by atoms with Gasteiger partial charge in [-0.2, -0.15) is 4.98 Å². The Bertz CT molecular complexity index is 700. The van der Waals surface area contributed by atoms with Crippen LogP contribution in [0.3, 0.4) is 0 Å². The average Bonchev–Trinajstić information content (AvgIpc) is 3.29. The van der Waals surface area contributed by atoms with Crippen LogP contribution in [0.25, 0.3) is 11.4 Å². The van der Waals surface area contributed by atoms with Gasteiger partial charge in [0.1, 0.15) is 5.15 Å². The zero-order valence-electron chi connectivity index (χ0n) is 14.5. The van der Waals surface area contributed by atoms with Gasteiger partial charge in [0.05, 0.1) is 18.2 Å². The predicted molar refractivity (Wildman–Crippen MR) is 100 cm³/mol. The van der Waals surface area contributed by atoms with Crippen LogP contribution in [0, 0.1) is 0 Å². The molecule has 7 nitrogen and oxygen atoms in total. The minimum absolute atomic E-state index is 0. The van der Waals surface area contributed by atoms with Crippen LogP contribution in [0.4, 0.5) is 0 Å². The first-order valence-electron chi connectivity index (χ1n) is 8.78. The van der Waals surface area contributed by atoms with Crippen molar-refractivity contribution in [3.05, 3.63) is 29.4 Å². The van der Waals surface area contributed by atoms with Crippen molar-refractivity contribution in [2.24, 2.45) is 0 Å². The van der Waals surface area contributed by atoms with Crippen molar-refractivity contribution < 1.29 is 9.26 Å². The number of rotatable bonds is 5. The standard InChI is InChI=1S/C17H22ClN5O2.ClH/c18-16-14(4-1-5-19-16)17-20-15(25-21-17)12-23-8-6-22(7-9-23)11-13-3-2-10-24-13;/h1,4-5,13H,2-3,6-12H2;1H. The molecule has 142 valence electrons. The van der Waals surface area contributed by atoms with E-state index in [2.05, 4.69) is 24.9 Å². The number of ether oxygens (including phenoxy) is 1. The number of nitrogens with zero attached hydrogens (tertiary/aromatic N) is 5. The maximum Gasteiger partial charge on any atom is 0.241 e. The van der Waals surface area contributed by atoms with E-state index in [1.165, 1.54) is 12.8 Å². The van der Waals surface area contributed by atoms with Crippen molar-refractivity contribution in [2.75, 3.05) is 39.3 Å². The largest absolute Gasteiger partial charge is 0.377 e. The molecule has 2 aromatic rings. The lowest BCUT2D eigenvalue weighted by Gasteiger charge is -2.34. The molecule has 9 heteroatoms. The van der Waals surface area contributed by atoms with Crippen LogP contribution < -0.4 is 0 Å². The van der Waals surface area contributed by atoms with Gasteiger partial charge in [-0.25, -0.2) is 4.98 Å². The second-order valence-electron chi connectivity index (χ2n) is 6.57. The van der Waals surface area contributed by atoms with Crippen LogP contribution in [0.15, 0.2) is 22.9 Å². The SMILES string of the molecule is Cl.Clc1ncccc1-c1noc(CN2CCN(CC3CCCO3)CC2)n1. The molecular weight excluding hydrogens is 377 g/mol. The molecule has 0 amide bonds. The molecule has 1 atom stereocenters. The number of pyridine rings is 1. The third-order valence-corrected chi connectivity index (χ3v) is 5.08.